The van der Waals surface area contributed by atoms with Crippen LogP contribution in [0.4, 0.5) is 11.4 Å². The molecule has 1 heterocycles. The lowest BCUT2D eigenvalue weighted by molar-refractivity contribution is 0.920. The van der Waals surface area contributed by atoms with Gasteiger partial charge in [-0.25, -0.2) is 0 Å². The monoisotopic (exact) mass is 298 g/mol. The Kier molecular flexibility index (Phi) is 3.65. The van der Waals surface area contributed by atoms with Crippen LogP contribution in [0.15, 0.2) is 79.0 Å². The Morgan fingerprint density at radius 1 is 0.783 bits per heavy atom. The van der Waals surface area contributed by atoms with Crippen molar-refractivity contribution in [3.63, 3.8) is 0 Å². The molecule has 112 valence electrons. The summed E-state index contributed by atoms with van der Waals surface area (Å²) in [6, 6.07) is 23.0. The number of para-hydroxylation sites is 1. The number of hydrogen-bond acceptors (Lipinski definition) is 2. The molecule has 23 heavy (non-hydrogen) atoms. The van der Waals surface area contributed by atoms with Gasteiger partial charge >= 0.3 is 0 Å². The largest absolute Gasteiger partial charge is 0.356 e. The number of nitrogens with one attached hydrogen (secondary N) is 1. The molecule has 0 bridgehead atoms. The van der Waals surface area contributed by atoms with Crippen molar-refractivity contribution in [1.82, 2.24) is 4.98 Å². The smallest absolute Gasteiger partial charge is 0.0485 e. The average Bonchev–Trinajstić information content (AvgIpc) is 2.63. The van der Waals surface area contributed by atoms with E-state index in [1.807, 2.05) is 30.5 Å². The molecule has 3 aromatic rings. The summed E-state index contributed by atoms with van der Waals surface area (Å²) in [7, 11) is 0. The Morgan fingerprint density at radius 3 is 2.39 bits per heavy atom. The second-order valence-electron chi connectivity index (χ2n) is 5.72. The van der Waals surface area contributed by atoms with E-state index in [0.717, 1.165) is 24.2 Å². The van der Waals surface area contributed by atoms with E-state index in [0.29, 0.717) is 0 Å². The van der Waals surface area contributed by atoms with E-state index in [1.54, 1.807) is 0 Å². The highest BCUT2D eigenvalue weighted by molar-refractivity contribution is 5.82. The van der Waals surface area contributed by atoms with Crippen LogP contribution in [-0.2, 0) is 6.42 Å². The van der Waals surface area contributed by atoms with Gasteiger partial charge in [-0.1, -0.05) is 42.5 Å². The molecule has 1 N–H and O–H groups in total. The lowest BCUT2D eigenvalue weighted by atomic mass is 9.90. The van der Waals surface area contributed by atoms with Crippen LogP contribution >= 0.6 is 0 Å². The van der Waals surface area contributed by atoms with Crippen molar-refractivity contribution in [2.75, 3.05) is 5.32 Å². The summed E-state index contributed by atoms with van der Waals surface area (Å²) in [4.78, 5) is 4.52. The number of hydrogen-bond donors (Lipinski definition) is 1. The molecule has 0 amide bonds. The fourth-order valence-electron chi connectivity index (χ4n) is 3.04. The maximum Gasteiger partial charge on any atom is 0.0485 e. The van der Waals surface area contributed by atoms with Gasteiger partial charge in [0.25, 0.3) is 0 Å². The molecule has 0 spiro atoms. The Balaban J connectivity index is 1.60. The van der Waals surface area contributed by atoms with Crippen LogP contribution in [0.3, 0.4) is 0 Å². The molecule has 0 atom stereocenters. The van der Waals surface area contributed by atoms with Crippen LogP contribution in [0.2, 0.25) is 0 Å². The highest BCUT2D eigenvalue weighted by Gasteiger charge is 2.14. The lowest BCUT2D eigenvalue weighted by Crippen LogP contribution is -2.03. The van der Waals surface area contributed by atoms with Gasteiger partial charge in [0.15, 0.2) is 0 Å². The van der Waals surface area contributed by atoms with Crippen molar-refractivity contribution < 1.29 is 0 Å². The van der Waals surface area contributed by atoms with Gasteiger partial charge in [0, 0.05) is 28.8 Å². The number of allylic oxidation sites excluding steroid dienone is 1. The summed E-state index contributed by atoms with van der Waals surface area (Å²) in [6.45, 7) is 0. The van der Waals surface area contributed by atoms with Gasteiger partial charge in [0.05, 0.1) is 0 Å². The SMILES string of the molecule is C1=C(c2ccc(Nc3ccccc3)cc2)c2cccnc2CC1. The van der Waals surface area contributed by atoms with E-state index < -0.39 is 0 Å². The second-order valence-corrected chi connectivity index (χ2v) is 5.72. The zero-order chi connectivity index (χ0) is 15.5. The van der Waals surface area contributed by atoms with Crippen LogP contribution in [0.1, 0.15) is 23.2 Å². The van der Waals surface area contributed by atoms with Crippen molar-refractivity contribution >= 4 is 16.9 Å². The predicted molar refractivity (Wildman–Crippen MR) is 95.8 cm³/mol. The second kappa shape index (κ2) is 6.09. The number of aryl methyl sites for hydroxylation is 1. The molecule has 4 rings (SSSR count). The average molecular weight is 298 g/mol. The minimum Gasteiger partial charge on any atom is -0.356 e. The molecule has 0 saturated carbocycles. The molecule has 0 saturated heterocycles. The Hall–Kier alpha value is -2.87. The van der Waals surface area contributed by atoms with E-state index in [9.17, 15) is 0 Å². The van der Waals surface area contributed by atoms with Gasteiger partial charge in [0.1, 0.15) is 0 Å². The predicted octanol–water partition coefficient (Wildman–Crippen LogP) is 5.20. The van der Waals surface area contributed by atoms with Gasteiger partial charge < -0.3 is 5.32 Å². The highest BCUT2D eigenvalue weighted by Crippen LogP contribution is 2.31. The fourth-order valence-corrected chi connectivity index (χ4v) is 3.04. The first-order valence-corrected chi connectivity index (χ1v) is 7.97. The summed E-state index contributed by atoms with van der Waals surface area (Å²) in [5.41, 5.74) is 7.22. The molecule has 1 aliphatic carbocycles. The maximum absolute atomic E-state index is 4.52. The van der Waals surface area contributed by atoms with E-state index in [1.165, 1.54) is 22.4 Å². The number of anilines is 2. The number of aromatic nitrogens is 1. The van der Waals surface area contributed by atoms with Crippen LogP contribution in [-0.4, -0.2) is 4.98 Å². The summed E-state index contributed by atoms with van der Waals surface area (Å²) in [5.74, 6) is 0. The van der Waals surface area contributed by atoms with Crippen molar-refractivity contribution in [2.24, 2.45) is 0 Å². The fraction of sp³-hybridized carbons (Fsp3) is 0.0952. The molecule has 2 heteroatoms. The minimum absolute atomic E-state index is 1.04. The Bertz CT molecular complexity index is 833. The minimum atomic E-state index is 1.04. The third-order valence-corrected chi connectivity index (χ3v) is 4.17. The molecule has 0 fully saturated rings. The van der Waals surface area contributed by atoms with E-state index in [-0.39, 0.29) is 0 Å². The quantitative estimate of drug-likeness (QED) is 0.718. The summed E-state index contributed by atoms with van der Waals surface area (Å²) in [5, 5.41) is 3.42. The van der Waals surface area contributed by atoms with E-state index in [4.69, 9.17) is 0 Å². The standard InChI is InChI=1S/C21H18N2/c1-2-6-17(7-3-1)23-18-13-11-16(12-14-18)19-8-4-10-21-20(19)9-5-15-22-21/h1-3,5-9,11-15,23H,4,10H2. The molecule has 0 aliphatic heterocycles. The Morgan fingerprint density at radius 2 is 1.57 bits per heavy atom. The number of rotatable bonds is 3. The van der Waals surface area contributed by atoms with E-state index in [2.05, 4.69) is 58.8 Å². The Labute approximate surface area is 136 Å². The number of benzene rings is 2. The number of nitrogens with zero attached hydrogens (tertiary/aromatic N) is 1. The topological polar surface area (TPSA) is 24.9 Å². The molecular weight excluding hydrogens is 280 g/mol. The third-order valence-electron chi connectivity index (χ3n) is 4.17. The zero-order valence-electron chi connectivity index (χ0n) is 12.9. The summed E-state index contributed by atoms with van der Waals surface area (Å²) in [6.07, 6.45) is 6.30. The van der Waals surface area contributed by atoms with Crippen molar-refractivity contribution in [3.05, 3.63) is 95.8 Å². The van der Waals surface area contributed by atoms with Gasteiger partial charge in [0.2, 0.25) is 0 Å². The van der Waals surface area contributed by atoms with Gasteiger partial charge in [-0.05, 0) is 54.3 Å². The van der Waals surface area contributed by atoms with Crippen LogP contribution in [0, 0.1) is 0 Å². The summed E-state index contributed by atoms with van der Waals surface area (Å²) >= 11 is 0. The third kappa shape index (κ3) is 2.88. The normalized spacial score (nSPS) is 13.1. The molecule has 1 aliphatic rings. The van der Waals surface area contributed by atoms with E-state index >= 15 is 0 Å². The van der Waals surface area contributed by atoms with Crippen molar-refractivity contribution in [1.29, 1.82) is 0 Å². The zero-order valence-corrected chi connectivity index (χ0v) is 12.9. The molecular formula is C21H18N2. The molecule has 2 aromatic carbocycles. The maximum atomic E-state index is 4.52. The lowest BCUT2D eigenvalue weighted by Gasteiger charge is -2.17. The molecule has 1 aromatic heterocycles. The number of pyridine rings is 1. The molecule has 0 radical (unpaired) electrons. The van der Waals surface area contributed by atoms with Crippen molar-refractivity contribution in [2.45, 2.75) is 12.8 Å². The first-order valence-electron chi connectivity index (χ1n) is 7.97. The van der Waals surface area contributed by atoms with Crippen LogP contribution < -0.4 is 5.32 Å². The summed E-state index contributed by atoms with van der Waals surface area (Å²) < 4.78 is 0. The number of fused-ring (bicyclic) bond motifs is 1. The molecule has 2 nitrogen and oxygen atoms in total. The van der Waals surface area contributed by atoms with Crippen LogP contribution in [0.25, 0.3) is 5.57 Å². The van der Waals surface area contributed by atoms with Crippen molar-refractivity contribution in [3.8, 4) is 0 Å². The van der Waals surface area contributed by atoms with Crippen LogP contribution in [0.5, 0.6) is 0 Å². The molecule has 0 unspecified atom stereocenters. The van der Waals surface area contributed by atoms with Gasteiger partial charge in [-0.2, -0.15) is 0 Å². The van der Waals surface area contributed by atoms with Gasteiger partial charge in [-0.3, -0.25) is 4.98 Å². The first kappa shape index (κ1) is 13.8. The first-order chi connectivity index (χ1) is 11.4. The van der Waals surface area contributed by atoms with Gasteiger partial charge in [-0.15, -0.1) is 0 Å². The highest BCUT2D eigenvalue weighted by atomic mass is 14.9.